The van der Waals surface area contributed by atoms with Crippen molar-refractivity contribution in [3.05, 3.63) is 41.2 Å². The summed E-state index contributed by atoms with van der Waals surface area (Å²) in [6.45, 7) is 0. The molecule has 3 aromatic rings. The van der Waals surface area contributed by atoms with Crippen molar-refractivity contribution in [3.8, 4) is 11.4 Å². The molecule has 18 heavy (non-hydrogen) atoms. The molecule has 6 nitrogen and oxygen atoms in total. The van der Waals surface area contributed by atoms with E-state index in [1.807, 2.05) is 6.07 Å². The lowest BCUT2D eigenvalue weighted by Gasteiger charge is -1.96. The van der Waals surface area contributed by atoms with Crippen molar-refractivity contribution in [3.63, 3.8) is 0 Å². The lowest BCUT2D eigenvalue weighted by atomic mass is 10.2. The number of aromatic nitrogens is 4. The Morgan fingerprint density at radius 3 is 3.00 bits per heavy atom. The van der Waals surface area contributed by atoms with Gasteiger partial charge in [-0.05, 0) is 12.1 Å². The molecule has 0 aliphatic carbocycles. The van der Waals surface area contributed by atoms with Crippen LogP contribution in [0.4, 0.5) is 0 Å². The second kappa shape index (κ2) is 3.85. The molecule has 2 heterocycles. The van der Waals surface area contributed by atoms with Crippen LogP contribution in [0.3, 0.4) is 0 Å². The molecule has 0 unspecified atom stereocenters. The van der Waals surface area contributed by atoms with Crippen LogP contribution in [-0.4, -0.2) is 30.7 Å². The highest BCUT2D eigenvalue weighted by atomic mass is 35.5. The van der Waals surface area contributed by atoms with Crippen LogP contribution in [0.15, 0.2) is 30.5 Å². The highest BCUT2D eigenvalue weighted by molar-refractivity contribution is 6.30. The highest BCUT2D eigenvalue weighted by Gasteiger charge is 2.14. The molecule has 0 radical (unpaired) electrons. The van der Waals surface area contributed by atoms with Gasteiger partial charge in [0.1, 0.15) is 0 Å². The van der Waals surface area contributed by atoms with Gasteiger partial charge >= 0.3 is 5.97 Å². The number of nitrogens with zero attached hydrogens (tertiary/aromatic N) is 3. The number of carbonyl (C=O) groups is 1. The molecule has 0 fully saturated rings. The summed E-state index contributed by atoms with van der Waals surface area (Å²) < 4.78 is 1.32. The first-order valence-corrected chi connectivity index (χ1v) is 5.45. The van der Waals surface area contributed by atoms with Gasteiger partial charge in [0, 0.05) is 10.6 Å². The second-order valence-corrected chi connectivity index (χ2v) is 4.10. The van der Waals surface area contributed by atoms with Gasteiger partial charge in [0.15, 0.2) is 11.5 Å². The largest absolute Gasteiger partial charge is 0.476 e. The van der Waals surface area contributed by atoms with E-state index < -0.39 is 5.97 Å². The molecule has 2 N–H and O–H groups in total. The Morgan fingerprint density at radius 1 is 1.44 bits per heavy atom. The first-order chi connectivity index (χ1) is 8.65. The number of halogens is 1. The maximum absolute atomic E-state index is 10.9. The van der Waals surface area contributed by atoms with Crippen molar-refractivity contribution in [1.82, 2.24) is 19.6 Å². The number of benzene rings is 1. The summed E-state index contributed by atoms with van der Waals surface area (Å²) in [6.07, 6.45) is 1.25. The van der Waals surface area contributed by atoms with Gasteiger partial charge in [-0.1, -0.05) is 23.7 Å². The number of nitrogens with one attached hydrogen (secondary N) is 1. The van der Waals surface area contributed by atoms with Crippen molar-refractivity contribution in [2.45, 2.75) is 0 Å². The summed E-state index contributed by atoms with van der Waals surface area (Å²) in [4.78, 5) is 19.1. The first kappa shape index (κ1) is 10.8. The van der Waals surface area contributed by atoms with Crippen LogP contribution < -0.4 is 0 Å². The van der Waals surface area contributed by atoms with E-state index in [2.05, 4.69) is 15.1 Å². The molecule has 0 atom stereocenters. The molecular formula is C11H7ClN4O2. The second-order valence-electron chi connectivity index (χ2n) is 3.67. The van der Waals surface area contributed by atoms with E-state index in [1.54, 1.807) is 18.2 Å². The average molecular weight is 263 g/mol. The average Bonchev–Trinajstić information content (AvgIpc) is 2.87. The molecule has 0 saturated heterocycles. The molecule has 0 aliphatic heterocycles. The van der Waals surface area contributed by atoms with Gasteiger partial charge in [-0.3, -0.25) is 5.10 Å². The lowest BCUT2D eigenvalue weighted by molar-refractivity contribution is 0.0688. The predicted molar refractivity (Wildman–Crippen MR) is 64.7 cm³/mol. The monoisotopic (exact) mass is 262 g/mol. The van der Waals surface area contributed by atoms with Crippen LogP contribution in [0.5, 0.6) is 0 Å². The van der Waals surface area contributed by atoms with E-state index in [-0.39, 0.29) is 5.69 Å². The van der Waals surface area contributed by atoms with Crippen LogP contribution in [0, 0.1) is 0 Å². The third-order valence-corrected chi connectivity index (χ3v) is 2.72. The molecule has 0 spiro atoms. The Labute approximate surface area is 106 Å². The number of imidazole rings is 1. The Kier molecular flexibility index (Phi) is 2.31. The number of rotatable bonds is 2. The number of carboxylic acid groups (broad SMARTS) is 1. The van der Waals surface area contributed by atoms with Crippen LogP contribution >= 0.6 is 11.6 Å². The van der Waals surface area contributed by atoms with Crippen LogP contribution in [0.25, 0.3) is 17.2 Å². The summed E-state index contributed by atoms with van der Waals surface area (Å²) in [5, 5.41) is 12.4. The normalized spacial score (nSPS) is 10.9. The van der Waals surface area contributed by atoms with E-state index in [1.165, 1.54) is 10.7 Å². The van der Waals surface area contributed by atoms with E-state index in [0.717, 1.165) is 5.56 Å². The molecular weight excluding hydrogens is 256 g/mol. The topological polar surface area (TPSA) is 83.3 Å². The van der Waals surface area contributed by atoms with Crippen molar-refractivity contribution in [2.24, 2.45) is 0 Å². The Bertz CT molecular complexity index is 746. The van der Waals surface area contributed by atoms with Crippen molar-refractivity contribution in [1.29, 1.82) is 0 Å². The summed E-state index contributed by atoms with van der Waals surface area (Å²) >= 11 is 5.89. The van der Waals surface area contributed by atoms with Crippen molar-refractivity contribution in [2.75, 3.05) is 0 Å². The van der Waals surface area contributed by atoms with Gasteiger partial charge in [-0.15, -0.1) is 0 Å². The van der Waals surface area contributed by atoms with Crippen LogP contribution in [0.1, 0.15) is 10.5 Å². The molecule has 3 rings (SSSR count). The minimum Gasteiger partial charge on any atom is -0.476 e. The van der Waals surface area contributed by atoms with E-state index in [4.69, 9.17) is 16.7 Å². The molecule has 0 aliphatic rings. The first-order valence-electron chi connectivity index (χ1n) is 5.08. The maximum Gasteiger partial charge on any atom is 0.356 e. The standard InChI is InChI=1S/C11H7ClN4O2/c12-7-3-1-2-6(4-7)9-14-11-13-5-8(10(17)18)16(11)15-9/h1-5H,(H,17,18)(H,13,14,15). The zero-order valence-electron chi connectivity index (χ0n) is 8.96. The minimum atomic E-state index is -1.07. The van der Waals surface area contributed by atoms with Crippen LogP contribution in [-0.2, 0) is 0 Å². The summed E-state index contributed by atoms with van der Waals surface area (Å²) in [7, 11) is 0. The zero-order valence-corrected chi connectivity index (χ0v) is 9.72. The van der Waals surface area contributed by atoms with Gasteiger partial charge in [0.2, 0.25) is 0 Å². The Hall–Kier alpha value is -2.34. The van der Waals surface area contributed by atoms with Crippen molar-refractivity contribution < 1.29 is 9.90 Å². The molecule has 0 saturated carbocycles. The van der Waals surface area contributed by atoms with E-state index in [9.17, 15) is 4.79 Å². The fourth-order valence-electron chi connectivity index (χ4n) is 1.68. The Balaban J connectivity index is 2.17. The molecule has 2 aromatic heterocycles. The number of carboxylic acids is 1. The third-order valence-electron chi connectivity index (χ3n) is 2.49. The van der Waals surface area contributed by atoms with Crippen molar-refractivity contribution >= 4 is 23.3 Å². The van der Waals surface area contributed by atoms with Crippen LogP contribution in [0.2, 0.25) is 5.02 Å². The van der Waals surface area contributed by atoms with E-state index >= 15 is 0 Å². The summed E-state index contributed by atoms with van der Waals surface area (Å²) in [5.41, 5.74) is 0.801. The Morgan fingerprint density at radius 2 is 2.28 bits per heavy atom. The quantitative estimate of drug-likeness (QED) is 0.741. The van der Waals surface area contributed by atoms with Gasteiger partial charge in [0.25, 0.3) is 5.78 Å². The lowest BCUT2D eigenvalue weighted by Crippen LogP contribution is -2.01. The zero-order chi connectivity index (χ0) is 12.7. The highest BCUT2D eigenvalue weighted by Crippen LogP contribution is 2.20. The predicted octanol–water partition coefficient (Wildman–Crippen LogP) is 2.08. The van der Waals surface area contributed by atoms with Gasteiger partial charge in [-0.2, -0.15) is 4.98 Å². The van der Waals surface area contributed by atoms with Gasteiger partial charge in [-0.25, -0.2) is 14.3 Å². The van der Waals surface area contributed by atoms with Gasteiger partial charge < -0.3 is 5.11 Å². The molecule has 90 valence electrons. The third kappa shape index (κ3) is 1.63. The molecule has 7 heteroatoms. The number of hydrogen-bond donors (Lipinski definition) is 2. The number of H-pyrrole nitrogens is 1. The summed E-state index contributed by atoms with van der Waals surface area (Å²) in [5.74, 6) is -0.241. The fraction of sp³-hybridized carbons (Fsp3) is 0. The number of hydrogen-bond acceptors (Lipinski definition) is 3. The number of aromatic amines is 1. The SMILES string of the molecule is O=C(O)c1cnc2nc(-c3cccc(Cl)c3)[nH]n12. The number of fused-ring (bicyclic) bond motifs is 1. The smallest absolute Gasteiger partial charge is 0.356 e. The van der Waals surface area contributed by atoms with E-state index in [0.29, 0.717) is 16.6 Å². The van der Waals surface area contributed by atoms with Gasteiger partial charge in [0.05, 0.1) is 6.20 Å². The molecule has 0 bridgehead atoms. The maximum atomic E-state index is 10.9. The summed E-state index contributed by atoms with van der Waals surface area (Å²) in [6, 6.07) is 7.10. The number of aromatic carboxylic acids is 1. The molecule has 1 aromatic carbocycles. The minimum absolute atomic E-state index is 0.0331. The molecule has 0 amide bonds. The fourth-order valence-corrected chi connectivity index (χ4v) is 1.87.